The highest BCUT2D eigenvalue weighted by atomic mass is 16.5. The van der Waals surface area contributed by atoms with Crippen LogP contribution in [-0.4, -0.2) is 70.3 Å². The molecule has 27 heavy (non-hydrogen) atoms. The van der Waals surface area contributed by atoms with Gasteiger partial charge in [0.05, 0.1) is 21.3 Å². The molecule has 2 amide bonds. The molecule has 0 atom stereocenters. The van der Waals surface area contributed by atoms with Crippen LogP contribution >= 0.6 is 0 Å². The molecule has 0 saturated carbocycles. The van der Waals surface area contributed by atoms with Crippen LogP contribution in [-0.2, 0) is 14.3 Å². The van der Waals surface area contributed by atoms with Gasteiger partial charge in [-0.05, 0) is 26.0 Å². The van der Waals surface area contributed by atoms with Crippen LogP contribution in [0, 0.1) is 0 Å². The second-order valence-corrected chi connectivity index (χ2v) is 5.32. The van der Waals surface area contributed by atoms with Crippen LogP contribution in [0.1, 0.15) is 24.2 Å². The highest BCUT2D eigenvalue weighted by Crippen LogP contribution is 2.38. The number of hydrogen-bond donors (Lipinski definition) is 1. The summed E-state index contributed by atoms with van der Waals surface area (Å²) in [5.74, 6) is -0.545. The van der Waals surface area contributed by atoms with E-state index in [1.54, 1.807) is 4.90 Å². The molecule has 1 rings (SSSR count). The van der Waals surface area contributed by atoms with E-state index in [2.05, 4.69) is 5.32 Å². The Bertz CT molecular complexity index is 647. The Kier molecular flexibility index (Phi) is 8.91. The van der Waals surface area contributed by atoms with Crippen LogP contribution in [0.5, 0.6) is 17.2 Å². The molecule has 0 aliphatic rings. The number of nitrogens with zero attached hydrogens (tertiary/aromatic N) is 1. The molecule has 1 N–H and O–H groups in total. The molecule has 0 fully saturated rings. The van der Waals surface area contributed by atoms with Gasteiger partial charge in [-0.2, -0.15) is 0 Å². The van der Waals surface area contributed by atoms with Crippen molar-refractivity contribution in [3.63, 3.8) is 0 Å². The summed E-state index contributed by atoms with van der Waals surface area (Å²) < 4.78 is 20.4. The van der Waals surface area contributed by atoms with Crippen LogP contribution in [0.15, 0.2) is 12.1 Å². The van der Waals surface area contributed by atoms with E-state index in [0.717, 1.165) is 0 Å². The Labute approximate surface area is 158 Å². The highest BCUT2D eigenvalue weighted by molar-refractivity contribution is 5.97. The normalized spacial score (nSPS) is 9.96. The van der Waals surface area contributed by atoms with Crippen molar-refractivity contribution in [2.45, 2.75) is 13.8 Å². The third-order valence-corrected chi connectivity index (χ3v) is 3.79. The summed E-state index contributed by atoms with van der Waals surface area (Å²) in [6, 6.07) is 2.93. The topological polar surface area (TPSA) is 103 Å². The van der Waals surface area contributed by atoms with Crippen molar-refractivity contribution < 1.29 is 33.3 Å². The zero-order valence-electron chi connectivity index (χ0n) is 16.3. The number of nitrogens with one attached hydrogen (secondary N) is 1. The Morgan fingerprint density at radius 1 is 0.963 bits per heavy atom. The molecule has 0 aliphatic heterocycles. The summed E-state index contributed by atoms with van der Waals surface area (Å²) in [6.07, 6.45) is 0. The average Bonchev–Trinajstić information content (AvgIpc) is 2.69. The van der Waals surface area contributed by atoms with Gasteiger partial charge in [-0.15, -0.1) is 0 Å². The van der Waals surface area contributed by atoms with Crippen molar-refractivity contribution in [2.75, 3.05) is 47.6 Å². The molecular weight excluding hydrogens is 356 g/mol. The first-order valence-corrected chi connectivity index (χ1v) is 8.43. The minimum atomic E-state index is -0.712. The van der Waals surface area contributed by atoms with Gasteiger partial charge in [-0.25, -0.2) is 0 Å². The molecule has 9 nitrogen and oxygen atoms in total. The van der Waals surface area contributed by atoms with Gasteiger partial charge in [0.1, 0.15) is 6.54 Å². The van der Waals surface area contributed by atoms with Crippen molar-refractivity contribution in [3.05, 3.63) is 17.7 Å². The van der Waals surface area contributed by atoms with E-state index in [9.17, 15) is 14.4 Å². The lowest BCUT2D eigenvalue weighted by atomic mass is 10.1. The third-order valence-electron chi connectivity index (χ3n) is 3.79. The van der Waals surface area contributed by atoms with Crippen molar-refractivity contribution in [2.24, 2.45) is 0 Å². The average molecular weight is 382 g/mol. The number of benzene rings is 1. The van der Waals surface area contributed by atoms with Gasteiger partial charge in [0.15, 0.2) is 18.1 Å². The fourth-order valence-corrected chi connectivity index (χ4v) is 2.33. The smallest absolute Gasteiger partial charge is 0.325 e. The van der Waals surface area contributed by atoms with Gasteiger partial charge < -0.3 is 29.2 Å². The number of rotatable bonds is 10. The van der Waals surface area contributed by atoms with Crippen molar-refractivity contribution in [3.8, 4) is 17.2 Å². The van der Waals surface area contributed by atoms with Gasteiger partial charge in [0.2, 0.25) is 5.75 Å². The number of ether oxygens (including phenoxy) is 4. The fraction of sp³-hybridized carbons (Fsp3) is 0.500. The van der Waals surface area contributed by atoms with Gasteiger partial charge in [0.25, 0.3) is 11.8 Å². The summed E-state index contributed by atoms with van der Waals surface area (Å²) in [6.45, 7) is 4.00. The molecule has 150 valence electrons. The monoisotopic (exact) mass is 382 g/mol. The number of likely N-dealkylation sites (N-methyl/N-ethyl adjacent to an activating group) is 1. The molecule has 0 aliphatic carbocycles. The van der Waals surface area contributed by atoms with E-state index >= 15 is 0 Å². The zero-order chi connectivity index (χ0) is 20.4. The quantitative estimate of drug-likeness (QED) is 0.599. The molecule has 0 saturated heterocycles. The molecule has 0 spiro atoms. The molecule has 1 aromatic rings. The third kappa shape index (κ3) is 6.05. The molecule has 0 radical (unpaired) electrons. The van der Waals surface area contributed by atoms with E-state index in [1.807, 2.05) is 13.8 Å². The minimum absolute atomic E-state index is 0.219. The lowest BCUT2D eigenvalue weighted by molar-refractivity contribution is -0.151. The molecule has 0 aromatic heterocycles. The van der Waals surface area contributed by atoms with E-state index in [0.29, 0.717) is 30.3 Å². The predicted octanol–water partition coefficient (Wildman–Crippen LogP) is 0.854. The first-order chi connectivity index (χ1) is 12.9. The van der Waals surface area contributed by atoms with Gasteiger partial charge in [-0.1, -0.05) is 0 Å². The first-order valence-electron chi connectivity index (χ1n) is 8.43. The number of carbonyl (C=O) groups excluding carboxylic acids is 3. The van der Waals surface area contributed by atoms with Gasteiger partial charge in [0, 0.05) is 18.7 Å². The van der Waals surface area contributed by atoms with E-state index in [-0.39, 0.29) is 24.6 Å². The molecule has 9 heteroatoms. The molecule has 1 aromatic carbocycles. The van der Waals surface area contributed by atoms with Gasteiger partial charge in [-0.3, -0.25) is 14.4 Å². The van der Waals surface area contributed by atoms with Crippen LogP contribution in [0.2, 0.25) is 0 Å². The van der Waals surface area contributed by atoms with E-state index < -0.39 is 11.9 Å². The SMILES string of the molecule is CCN(CC)C(=O)COC(=O)CNC(=O)c1cc(OC)c(OC)c(OC)c1. The number of amides is 2. The largest absolute Gasteiger partial charge is 0.493 e. The standard InChI is InChI=1S/C18H26N2O7/c1-6-20(7-2)15(21)11-27-16(22)10-19-18(23)12-8-13(24-3)17(26-5)14(9-12)25-4/h8-9H,6-7,10-11H2,1-5H3,(H,19,23). The Morgan fingerprint density at radius 3 is 1.96 bits per heavy atom. The number of esters is 1. The maximum absolute atomic E-state index is 12.3. The van der Waals surface area contributed by atoms with Gasteiger partial charge >= 0.3 is 5.97 Å². The Balaban J connectivity index is 2.66. The number of carbonyl (C=O) groups is 3. The lowest BCUT2D eigenvalue weighted by Gasteiger charge is -2.18. The predicted molar refractivity (Wildman–Crippen MR) is 97.3 cm³/mol. The second-order valence-electron chi connectivity index (χ2n) is 5.32. The van der Waals surface area contributed by atoms with Crippen LogP contribution in [0.3, 0.4) is 0 Å². The minimum Gasteiger partial charge on any atom is -0.493 e. The highest BCUT2D eigenvalue weighted by Gasteiger charge is 2.18. The zero-order valence-corrected chi connectivity index (χ0v) is 16.3. The van der Waals surface area contributed by atoms with Crippen LogP contribution in [0.25, 0.3) is 0 Å². The Hall–Kier alpha value is -2.97. The second kappa shape index (κ2) is 10.9. The maximum atomic E-state index is 12.3. The maximum Gasteiger partial charge on any atom is 0.325 e. The summed E-state index contributed by atoms with van der Waals surface area (Å²) in [5, 5.41) is 2.43. The molecule has 0 bridgehead atoms. The number of methoxy groups -OCH3 is 3. The van der Waals surface area contributed by atoms with Crippen molar-refractivity contribution >= 4 is 17.8 Å². The summed E-state index contributed by atoms with van der Waals surface area (Å²) in [7, 11) is 4.32. The fourth-order valence-electron chi connectivity index (χ4n) is 2.33. The van der Waals surface area contributed by atoms with E-state index in [1.165, 1.54) is 33.5 Å². The summed E-state index contributed by atoms with van der Waals surface area (Å²) >= 11 is 0. The number of hydrogen-bond acceptors (Lipinski definition) is 7. The molecule has 0 unspecified atom stereocenters. The summed E-state index contributed by atoms with van der Waals surface area (Å²) in [5.41, 5.74) is 0.219. The summed E-state index contributed by atoms with van der Waals surface area (Å²) in [4.78, 5) is 37.4. The van der Waals surface area contributed by atoms with Crippen molar-refractivity contribution in [1.29, 1.82) is 0 Å². The first kappa shape index (κ1) is 22.1. The van der Waals surface area contributed by atoms with Crippen molar-refractivity contribution in [1.82, 2.24) is 10.2 Å². The lowest BCUT2D eigenvalue weighted by Crippen LogP contribution is -2.36. The van der Waals surface area contributed by atoms with Crippen LogP contribution < -0.4 is 19.5 Å². The molecular formula is C18H26N2O7. The van der Waals surface area contributed by atoms with E-state index in [4.69, 9.17) is 18.9 Å². The Morgan fingerprint density at radius 2 is 1.52 bits per heavy atom. The van der Waals surface area contributed by atoms with Crippen LogP contribution in [0.4, 0.5) is 0 Å². The molecule has 0 heterocycles.